The molecule has 3 N–H and O–H groups in total. The Bertz CT molecular complexity index is 763. The van der Waals surface area contributed by atoms with Crippen molar-refractivity contribution in [2.75, 3.05) is 47.6 Å². The van der Waals surface area contributed by atoms with Crippen LogP contribution in [0, 0.1) is 5.41 Å². The fraction of sp³-hybridized carbons (Fsp3) is 0.650. The molecule has 29 heavy (non-hydrogen) atoms. The van der Waals surface area contributed by atoms with Crippen molar-refractivity contribution in [3.8, 4) is 0 Å². The number of nitrogens with zero attached hydrogens (tertiary/aromatic N) is 1. The molecule has 1 aliphatic rings. The summed E-state index contributed by atoms with van der Waals surface area (Å²) in [7, 11) is 1.46. The van der Waals surface area contributed by atoms with Crippen molar-refractivity contribution in [1.82, 2.24) is 15.4 Å². The van der Waals surface area contributed by atoms with Gasteiger partial charge in [-0.05, 0) is 42.4 Å². The summed E-state index contributed by atoms with van der Waals surface area (Å²) < 4.78 is 37.4. The quantitative estimate of drug-likeness (QED) is 0.266. The zero-order valence-corrected chi connectivity index (χ0v) is 18.5. The average Bonchev–Trinajstić information content (AvgIpc) is 2.69. The third-order valence-corrected chi connectivity index (χ3v) is 6.83. The first-order valence-corrected chi connectivity index (χ1v) is 11.4. The summed E-state index contributed by atoms with van der Waals surface area (Å²) in [6, 6.07) is 6.88. The largest absolute Gasteiger partial charge is 0.385 e. The number of nitrogens with one attached hydrogen (secondary N) is 3. The highest BCUT2D eigenvalue weighted by atomic mass is 32.2. The van der Waals surface area contributed by atoms with E-state index < -0.39 is 10.0 Å². The first kappa shape index (κ1) is 23.6. The molecule has 1 aromatic rings. The first-order chi connectivity index (χ1) is 13.9. The molecule has 0 atom stereocenters. The van der Waals surface area contributed by atoms with Crippen molar-refractivity contribution in [2.45, 2.75) is 37.1 Å². The molecule has 2 rings (SSSR count). The summed E-state index contributed by atoms with van der Waals surface area (Å²) in [5, 5.41) is 6.68. The van der Waals surface area contributed by atoms with Crippen LogP contribution >= 0.6 is 0 Å². The highest BCUT2D eigenvalue weighted by Gasteiger charge is 2.36. The highest BCUT2D eigenvalue weighted by Crippen LogP contribution is 2.43. The zero-order valence-electron chi connectivity index (χ0n) is 17.7. The van der Waals surface area contributed by atoms with E-state index in [-0.39, 0.29) is 16.9 Å². The molecule has 0 heterocycles. The second-order valence-electron chi connectivity index (χ2n) is 7.41. The number of hydrogen-bond acceptors (Lipinski definition) is 5. The van der Waals surface area contributed by atoms with Crippen molar-refractivity contribution in [3.05, 3.63) is 29.8 Å². The van der Waals surface area contributed by atoms with Gasteiger partial charge >= 0.3 is 0 Å². The number of aliphatic imine (C=N–C) groups is 1. The smallest absolute Gasteiger partial charge is 0.240 e. The van der Waals surface area contributed by atoms with Crippen LogP contribution in [0.3, 0.4) is 0 Å². The molecule has 0 spiro atoms. The Kier molecular flexibility index (Phi) is 9.35. The van der Waals surface area contributed by atoms with Gasteiger partial charge in [0.25, 0.3) is 0 Å². The Morgan fingerprint density at radius 1 is 1.17 bits per heavy atom. The summed E-state index contributed by atoms with van der Waals surface area (Å²) in [4.78, 5) is 4.52. The van der Waals surface area contributed by atoms with Crippen LogP contribution in [0.5, 0.6) is 0 Å². The van der Waals surface area contributed by atoms with Gasteiger partial charge in [-0.3, -0.25) is 4.99 Å². The number of sulfonamides is 1. The second-order valence-corrected chi connectivity index (χ2v) is 9.18. The Labute approximate surface area is 174 Å². The number of rotatable bonds is 12. The molecule has 1 fully saturated rings. The summed E-state index contributed by atoms with van der Waals surface area (Å²) in [6.07, 6.45) is 4.72. The fourth-order valence-corrected chi connectivity index (χ4v) is 4.46. The van der Waals surface area contributed by atoms with Crippen LogP contribution < -0.4 is 15.4 Å². The number of benzene rings is 1. The maximum atomic E-state index is 12.4. The van der Waals surface area contributed by atoms with Gasteiger partial charge in [0.05, 0.1) is 11.5 Å². The average molecular weight is 427 g/mol. The molecule has 0 unspecified atom stereocenters. The van der Waals surface area contributed by atoms with E-state index in [2.05, 4.69) is 20.3 Å². The lowest BCUT2D eigenvalue weighted by Gasteiger charge is -2.42. The molecule has 0 saturated heterocycles. The maximum absolute atomic E-state index is 12.4. The Hall–Kier alpha value is -1.68. The van der Waals surface area contributed by atoms with Gasteiger partial charge in [0.1, 0.15) is 0 Å². The topological polar surface area (TPSA) is 101 Å². The van der Waals surface area contributed by atoms with Crippen LogP contribution in [0.1, 0.15) is 31.2 Å². The van der Waals surface area contributed by atoms with Gasteiger partial charge in [-0.2, -0.15) is 0 Å². The third-order valence-electron chi connectivity index (χ3n) is 5.37. The standard InChI is InChI=1S/C20H34N4O4S/c1-21-19(23-16-20(8-5-9-20)10-12-27-2)22-15-17-6-4-7-18(14-17)29(25,26)24-11-13-28-3/h4,6-7,14,24H,5,8-13,15-16H2,1-3H3,(H2,21,22,23). The van der Waals surface area contributed by atoms with Crippen molar-refractivity contribution in [3.63, 3.8) is 0 Å². The van der Waals surface area contributed by atoms with Crippen LogP contribution in [0.15, 0.2) is 34.2 Å². The van der Waals surface area contributed by atoms with E-state index in [0.717, 1.165) is 25.1 Å². The van der Waals surface area contributed by atoms with Gasteiger partial charge < -0.3 is 20.1 Å². The Morgan fingerprint density at radius 2 is 1.93 bits per heavy atom. The third kappa shape index (κ3) is 7.26. The molecule has 164 valence electrons. The van der Waals surface area contributed by atoms with E-state index in [1.807, 2.05) is 6.07 Å². The van der Waals surface area contributed by atoms with E-state index in [0.29, 0.717) is 19.1 Å². The predicted octanol–water partition coefficient (Wildman–Crippen LogP) is 1.48. The lowest BCUT2D eigenvalue weighted by atomic mass is 9.67. The van der Waals surface area contributed by atoms with E-state index in [1.54, 1.807) is 32.4 Å². The van der Waals surface area contributed by atoms with Crippen LogP contribution in [-0.4, -0.2) is 61.9 Å². The summed E-state index contributed by atoms with van der Waals surface area (Å²) >= 11 is 0. The van der Waals surface area contributed by atoms with Crippen LogP contribution in [0.2, 0.25) is 0 Å². The Balaban J connectivity index is 1.89. The number of hydrogen-bond donors (Lipinski definition) is 3. The molecular weight excluding hydrogens is 392 g/mol. The molecule has 0 radical (unpaired) electrons. The lowest BCUT2D eigenvalue weighted by molar-refractivity contribution is 0.0732. The molecule has 9 heteroatoms. The van der Waals surface area contributed by atoms with Crippen molar-refractivity contribution < 1.29 is 17.9 Å². The number of methoxy groups -OCH3 is 2. The Morgan fingerprint density at radius 3 is 2.55 bits per heavy atom. The fourth-order valence-electron chi connectivity index (χ4n) is 3.37. The lowest BCUT2D eigenvalue weighted by Crippen LogP contribution is -2.46. The summed E-state index contributed by atoms with van der Waals surface area (Å²) in [6.45, 7) is 2.67. The van der Waals surface area contributed by atoms with E-state index in [4.69, 9.17) is 9.47 Å². The van der Waals surface area contributed by atoms with Crippen molar-refractivity contribution in [2.24, 2.45) is 10.4 Å². The number of guanidine groups is 1. The first-order valence-electron chi connectivity index (χ1n) is 9.96. The molecule has 8 nitrogen and oxygen atoms in total. The van der Waals surface area contributed by atoms with E-state index >= 15 is 0 Å². The summed E-state index contributed by atoms with van der Waals surface area (Å²) in [5.74, 6) is 0.708. The van der Waals surface area contributed by atoms with Crippen LogP contribution in [0.4, 0.5) is 0 Å². The zero-order chi connectivity index (χ0) is 21.2. The van der Waals surface area contributed by atoms with Crippen molar-refractivity contribution in [1.29, 1.82) is 0 Å². The van der Waals surface area contributed by atoms with Crippen LogP contribution in [-0.2, 0) is 26.0 Å². The normalized spacial score (nSPS) is 16.3. The molecule has 0 aliphatic heterocycles. The minimum absolute atomic E-state index is 0.239. The second kappa shape index (κ2) is 11.5. The van der Waals surface area contributed by atoms with Gasteiger partial charge in [0.15, 0.2) is 5.96 Å². The van der Waals surface area contributed by atoms with Crippen molar-refractivity contribution >= 4 is 16.0 Å². The maximum Gasteiger partial charge on any atom is 0.240 e. The summed E-state index contributed by atoms with van der Waals surface area (Å²) in [5.41, 5.74) is 1.15. The van der Waals surface area contributed by atoms with Gasteiger partial charge in [-0.1, -0.05) is 18.6 Å². The molecule has 1 aromatic carbocycles. The molecular formula is C20H34N4O4S. The van der Waals surface area contributed by atoms with Gasteiger partial charge in [-0.15, -0.1) is 0 Å². The monoisotopic (exact) mass is 426 g/mol. The van der Waals surface area contributed by atoms with Gasteiger partial charge in [0.2, 0.25) is 10.0 Å². The number of ether oxygens (including phenoxy) is 2. The molecule has 0 aromatic heterocycles. The minimum atomic E-state index is -3.55. The predicted molar refractivity (Wildman–Crippen MR) is 114 cm³/mol. The molecule has 1 aliphatic carbocycles. The van der Waals surface area contributed by atoms with Gasteiger partial charge in [-0.25, -0.2) is 13.1 Å². The molecule has 0 bridgehead atoms. The van der Waals surface area contributed by atoms with E-state index in [9.17, 15) is 8.42 Å². The highest BCUT2D eigenvalue weighted by molar-refractivity contribution is 7.89. The van der Waals surface area contributed by atoms with E-state index in [1.165, 1.54) is 26.4 Å². The molecule has 0 amide bonds. The SMILES string of the molecule is CN=C(NCc1cccc(S(=O)(=O)NCCOC)c1)NCC1(CCOC)CCC1. The molecule has 1 saturated carbocycles. The van der Waals surface area contributed by atoms with Crippen LogP contribution in [0.25, 0.3) is 0 Å². The van der Waals surface area contributed by atoms with Gasteiger partial charge in [0, 0.05) is 47.5 Å². The minimum Gasteiger partial charge on any atom is -0.385 e.